The number of nitrogens with two attached hydrogens (primary N) is 1. The zero-order valence-electron chi connectivity index (χ0n) is 12.2. The van der Waals surface area contributed by atoms with Gasteiger partial charge in [-0.25, -0.2) is 4.39 Å². The van der Waals surface area contributed by atoms with Crippen LogP contribution < -0.4 is 15.2 Å². The Balaban J connectivity index is 1.66. The maximum absolute atomic E-state index is 13.2. The van der Waals surface area contributed by atoms with Crippen molar-refractivity contribution in [2.75, 3.05) is 12.3 Å². The highest BCUT2D eigenvalue weighted by atomic mass is 19.1. The second-order valence-electron chi connectivity index (χ2n) is 5.48. The zero-order chi connectivity index (χ0) is 15.0. The lowest BCUT2D eigenvalue weighted by atomic mass is 10.1. The normalized spacial score (nSPS) is 16.4. The number of hydrogen-bond donors (Lipinski definition) is 1. The first-order valence-corrected chi connectivity index (χ1v) is 6.97. The van der Waals surface area contributed by atoms with Crippen LogP contribution in [0.25, 0.3) is 0 Å². The Hall–Kier alpha value is -2.23. The van der Waals surface area contributed by atoms with Crippen molar-refractivity contribution in [1.82, 2.24) is 0 Å². The van der Waals surface area contributed by atoms with Gasteiger partial charge in [0.1, 0.15) is 30.0 Å². The summed E-state index contributed by atoms with van der Waals surface area (Å²) in [4.78, 5) is 0. The monoisotopic (exact) mass is 287 g/mol. The maximum Gasteiger partial charge on any atom is 0.137 e. The van der Waals surface area contributed by atoms with Gasteiger partial charge in [0.25, 0.3) is 0 Å². The third-order valence-electron chi connectivity index (χ3n) is 3.75. The Labute approximate surface area is 123 Å². The molecule has 3 nitrogen and oxygen atoms in total. The number of fused-ring (bicyclic) bond motifs is 1. The number of nitrogen functional groups attached to an aromatic ring is 1. The van der Waals surface area contributed by atoms with Crippen molar-refractivity contribution in [1.29, 1.82) is 0 Å². The van der Waals surface area contributed by atoms with Gasteiger partial charge in [-0.1, -0.05) is 0 Å². The number of rotatable bonds is 3. The van der Waals surface area contributed by atoms with E-state index in [-0.39, 0.29) is 11.9 Å². The number of aryl methyl sites for hydroxylation is 2. The number of hydrogen-bond acceptors (Lipinski definition) is 3. The van der Waals surface area contributed by atoms with Crippen LogP contribution in [-0.4, -0.2) is 12.7 Å². The zero-order valence-corrected chi connectivity index (χ0v) is 12.2. The van der Waals surface area contributed by atoms with E-state index in [1.54, 1.807) is 6.07 Å². The van der Waals surface area contributed by atoms with Gasteiger partial charge in [0, 0.05) is 17.7 Å². The largest absolute Gasteiger partial charge is 0.489 e. The van der Waals surface area contributed by atoms with E-state index < -0.39 is 0 Å². The minimum absolute atomic E-state index is 0.0842. The van der Waals surface area contributed by atoms with Crippen molar-refractivity contribution in [3.05, 3.63) is 52.8 Å². The SMILES string of the molecule is Cc1cc(OCC2Cc3cc(F)ccc3O2)c(C)cc1N. The van der Waals surface area contributed by atoms with Crippen LogP contribution in [0.2, 0.25) is 0 Å². The highest BCUT2D eigenvalue weighted by molar-refractivity contribution is 5.53. The van der Waals surface area contributed by atoms with Crippen molar-refractivity contribution in [2.45, 2.75) is 26.4 Å². The molecule has 0 amide bonds. The molecule has 3 rings (SSSR count). The van der Waals surface area contributed by atoms with Crippen LogP contribution in [0.15, 0.2) is 30.3 Å². The third-order valence-corrected chi connectivity index (χ3v) is 3.75. The maximum atomic E-state index is 13.2. The molecule has 1 aliphatic heterocycles. The summed E-state index contributed by atoms with van der Waals surface area (Å²) in [6.45, 7) is 4.34. The first kappa shape index (κ1) is 13.7. The van der Waals surface area contributed by atoms with E-state index in [4.69, 9.17) is 15.2 Å². The molecule has 0 aliphatic carbocycles. The predicted octanol–water partition coefficient (Wildman–Crippen LogP) is 3.41. The molecule has 0 fully saturated rings. The number of anilines is 1. The van der Waals surface area contributed by atoms with E-state index in [1.807, 2.05) is 26.0 Å². The van der Waals surface area contributed by atoms with Crippen LogP contribution in [0.5, 0.6) is 11.5 Å². The van der Waals surface area contributed by atoms with Crippen molar-refractivity contribution >= 4 is 5.69 Å². The van der Waals surface area contributed by atoms with Crippen LogP contribution in [0.3, 0.4) is 0 Å². The molecule has 0 aromatic heterocycles. The van der Waals surface area contributed by atoms with Crippen molar-refractivity contribution < 1.29 is 13.9 Å². The molecule has 0 spiro atoms. The van der Waals surface area contributed by atoms with Crippen LogP contribution >= 0.6 is 0 Å². The fraction of sp³-hybridized carbons (Fsp3) is 0.294. The van der Waals surface area contributed by atoms with Crippen LogP contribution in [-0.2, 0) is 6.42 Å². The van der Waals surface area contributed by atoms with Crippen LogP contribution in [0.1, 0.15) is 16.7 Å². The average molecular weight is 287 g/mol. The van der Waals surface area contributed by atoms with E-state index >= 15 is 0 Å². The number of halogens is 1. The Kier molecular flexibility index (Phi) is 3.45. The summed E-state index contributed by atoms with van der Waals surface area (Å²) in [6, 6.07) is 8.45. The molecule has 0 saturated carbocycles. The summed E-state index contributed by atoms with van der Waals surface area (Å²) in [6.07, 6.45) is 0.583. The lowest BCUT2D eigenvalue weighted by Crippen LogP contribution is -2.22. The molecule has 2 aromatic rings. The summed E-state index contributed by atoms with van der Waals surface area (Å²) in [5, 5.41) is 0. The van der Waals surface area contributed by atoms with Gasteiger partial charge in [-0.05, 0) is 55.3 Å². The minimum atomic E-state index is -0.232. The Morgan fingerprint density at radius 2 is 2.05 bits per heavy atom. The molecule has 2 aromatic carbocycles. The van der Waals surface area contributed by atoms with Crippen molar-refractivity contribution in [3.8, 4) is 11.5 Å². The lowest BCUT2D eigenvalue weighted by Gasteiger charge is -2.15. The first-order valence-electron chi connectivity index (χ1n) is 6.97. The Bertz CT molecular complexity index is 685. The molecule has 4 heteroatoms. The van der Waals surface area contributed by atoms with E-state index in [2.05, 4.69) is 0 Å². The van der Waals surface area contributed by atoms with E-state index in [9.17, 15) is 4.39 Å². The Morgan fingerprint density at radius 3 is 2.86 bits per heavy atom. The van der Waals surface area contributed by atoms with Gasteiger partial charge < -0.3 is 15.2 Å². The van der Waals surface area contributed by atoms with Gasteiger partial charge in [-0.15, -0.1) is 0 Å². The number of ether oxygens (including phenoxy) is 2. The summed E-state index contributed by atoms with van der Waals surface area (Å²) in [5.74, 6) is 1.33. The van der Waals surface area contributed by atoms with E-state index in [0.717, 1.165) is 33.9 Å². The molecule has 1 unspecified atom stereocenters. The van der Waals surface area contributed by atoms with Gasteiger partial charge in [0.05, 0.1) is 0 Å². The molecular formula is C17H18FNO2. The van der Waals surface area contributed by atoms with Gasteiger partial charge in [-0.3, -0.25) is 0 Å². The molecule has 1 aliphatic rings. The molecule has 1 heterocycles. The number of benzene rings is 2. The summed E-state index contributed by atoms with van der Waals surface area (Å²) in [7, 11) is 0. The van der Waals surface area contributed by atoms with Gasteiger partial charge in [-0.2, -0.15) is 0 Å². The van der Waals surface area contributed by atoms with Crippen LogP contribution in [0.4, 0.5) is 10.1 Å². The first-order chi connectivity index (χ1) is 10.0. The summed E-state index contributed by atoms with van der Waals surface area (Å²) >= 11 is 0. The molecule has 0 radical (unpaired) electrons. The van der Waals surface area contributed by atoms with Gasteiger partial charge >= 0.3 is 0 Å². The smallest absolute Gasteiger partial charge is 0.137 e. The van der Waals surface area contributed by atoms with Gasteiger partial charge in [0.2, 0.25) is 0 Å². The summed E-state index contributed by atoms with van der Waals surface area (Å²) in [5.41, 5.74) is 9.52. The standard InChI is InChI=1S/C17H18FNO2/c1-10-6-17(11(2)5-15(10)19)20-9-14-8-12-7-13(18)3-4-16(12)21-14/h3-7,14H,8-9,19H2,1-2H3. The molecule has 0 bridgehead atoms. The van der Waals surface area contributed by atoms with Crippen molar-refractivity contribution in [2.24, 2.45) is 0 Å². The molecule has 21 heavy (non-hydrogen) atoms. The topological polar surface area (TPSA) is 44.5 Å². The molecular weight excluding hydrogens is 269 g/mol. The average Bonchev–Trinajstić information content (AvgIpc) is 2.83. The summed E-state index contributed by atoms with van der Waals surface area (Å²) < 4.78 is 24.8. The fourth-order valence-corrected chi connectivity index (χ4v) is 2.53. The predicted molar refractivity (Wildman–Crippen MR) is 80.3 cm³/mol. The molecule has 0 saturated heterocycles. The van der Waals surface area contributed by atoms with Crippen molar-refractivity contribution in [3.63, 3.8) is 0 Å². The second kappa shape index (κ2) is 5.28. The van der Waals surface area contributed by atoms with E-state index in [0.29, 0.717) is 13.0 Å². The fourth-order valence-electron chi connectivity index (χ4n) is 2.53. The molecule has 2 N–H and O–H groups in total. The van der Waals surface area contributed by atoms with E-state index in [1.165, 1.54) is 12.1 Å². The molecule has 1 atom stereocenters. The lowest BCUT2D eigenvalue weighted by molar-refractivity contribution is 0.148. The Morgan fingerprint density at radius 1 is 1.24 bits per heavy atom. The highest BCUT2D eigenvalue weighted by Crippen LogP contribution is 2.30. The minimum Gasteiger partial charge on any atom is -0.489 e. The quantitative estimate of drug-likeness (QED) is 0.880. The second-order valence-corrected chi connectivity index (χ2v) is 5.48. The molecule has 110 valence electrons. The highest BCUT2D eigenvalue weighted by Gasteiger charge is 2.24. The van der Waals surface area contributed by atoms with Gasteiger partial charge in [0.15, 0.2) is 0 Å². The third kappa shape index (κ3) is 2.79. The van der Waals surface area contributed by atoms with Crippen LogP contribution in [0, 0.1) is 19.7 Å².